The van der Waals surface area contributed by atoms with Gasteiger partial charge in [-0.05, 0) is 75.0 Å². The molecule has 8 heteroatoms. The summed E-state index contributed by atoms with van der Waals surface area (Å²) in [6.45, 7) is -0.380. The van der Waals surface area contributed by atoms with Crippen molar-refractivity contribution in [2.75, 3.05) is 6.61 Å². The maximum atomic E-state index is 13.0. The minimum atomic E-state index is -0.420. The average Bonchev–Trinajstić information content (AvgIpc) is 3.46. The van der Waals surface area contributed by atoms with Gasteiger partial charge in [0.1, 0.15) is 0 Å². The van der Waals surface area contributed by atoms with Gasteiger partial charge in [-0.2, -0.15) is 0 Å². The Morgan fingerprint density at radius 3 is 2.16 bits per heavy atom. The fraction of sp³-hybridized carbons (Fsp3) is 0.583. The van der Waals surface area contributed by atoms with Gasteiger partial charge in [-0.1, -0.05) is 23.2 Å². The largest absolute Gasteiger partial charge is 0.457 e. The highest BCUT2D eigenvalue weighted by Crippen LogP contribution is 2.56. The van der Waals surface area contributed by atoms with E-state index in [1.54, 1.807) is 6.07 Å². The number of halogens is 2. The number of fused-ring (bicyclic) bond motifs is 5. The number of Topliss-reactive ketones (excluding diaryl/α,β-unsaturated/α-hetero) is 1. The molecule has 1 aromatic rings. The third kappa shape index (κ3) is 3.65. The third-order valence-corrected chi connectivity index (χ3v) is 8.48. The predicted octanol–water partition coefficient (Wildman–Crippen LogP) is 4.31. The van der Waals surface area contributed by atoms with Gasteiger partial charge in [0.15, 0.2) is 6.61 Å². The second kappa shape index (κ2) is 8.45. The number of ether oxygens (including phenoxy) is 1. The number of benzene rings is 1. The molecule has 1 aromatic carbocycles. The number of carbonyl (C=O) groups excluding carboxylic acids is 4. The minimum absolute atomic E-state index is 0.0173. The van der Waals surface area contributed by atoms with E-state index in [0.29, 0.717) is 42.5 Å². The number of esters is 1. The highest BCUT2D eigenvalue weighted by atomic mass is 35.5. The van der Waals surface area contributed by atoms with Crippen molar-refractivity contribution < 1.29 is 23.9 Å². The van der Waals surface area contributed by atoms with Gasteiger partial charge in [0, 0.05) is 16.6 Å². The SMILES string of the molecule is O=C(COC(=O)C1CCC(N2C(=O)[C@H]3[C@@H]4CC[C@H](C4)[C@@H]3C2=O)CC1)c1ccc(Cl)cc1Cl. The van der Waals surface area contributed by atoms with Crippen LogP contribution < -0.4 is 0 Å². The number of imide groups is 1. The van der Waals surface area contributed by atoms with Crippen LogP contribution in [0.2, 0.25) is 10.0 Å². The Morgan fingerprint density at radius 1 is 0.938 bits per heavy atom. The lowest BCUT2D eigenvalue weighted by Crippen LogP contribution is -2.44. The topological polar surface area (TPSA) is 80.8 Å². The maximum Gasteiger partial charge on any atom is 0.309 e. The van der Waals surface area contributed by atoms with Crippen LogP contribution in [0.4, 0.5) is 0 Å². The van der Waals surface area contributed by atoms with E-state index in [9.17, 15) is 19.2 Å². The molecule has 0 unspecified atom stereocenters. The first-order valence-electron chi connectivity index (χ1n) is 11.4. The molecule has 0 aromatic heterocycles. The summed E-state index contributed by atoms with van der Waals surface area (Å²) in [6.07, 6.45) is 5.44. The molecule has 1 aliphatic heterocycles. The van der Waals surface area contributed by atoms with Crippen molar-refractivity contribution in [3.63, 3.8) is 0 Å². The summed E-state index contributed by atoms with van der Waals surface area (Å²) in [4.78, 5) is 52.4. The van der Waals surface area contributed by atoms with Gasteiger partial charge in [-0.25, -0.2) is 0 Å². The van der Waals surface area contributed by atoms with E-state index in [1.807, 2.05) is 0 Å². The minimum Gasteiger partial charge on any atom is -0.457 e. The summed E-state index contributed by atoms with van der Waals surface area (Å²) in [5, 5.41) is 0.642. The lowest BCUT2D eigenvalue weighted by atomic mass is 9.81. The molecule has 4 fully saturated rings. The normalized spacial score (nSPS) is 33.5. The lowest BCUT2D eigenvalue weighted by Gasteiger charge is -2.33. The first kappa shape index (κ1) is 21.9. The fourth-order valence-corrected chi connectivity index (χ4v) is 6.92. The molecule has 2 amide bonds. The zero-order valence-corrected chi connectivity index (χ0v) is 19.1. The van der Waals surface area contributed by atoms with E-state index in [2.05, 4.69) is 0 Å². The van der Waals surface area contributed by atoms with Crippen LogP contribution in [0.5, 0.6) is 0 Å². The van der Waals surface area contributed by atoms with Crippen molar-refractivity contribution in [3.05, 3.63) is 33.8 Å². The van der Waals surface area contributed by atoms with Crippen LogP contribution in [0.1, 0.15) is 55.3 Å². The van der Waals surface area contributed by atoms with Crippen LogP contribution in [0.15, 0.2) is 18.2 Å². The Kier molecular flexibility index (Phi) is 5.79. The highest BCUT2D eigenvalue weighted by Gasteiger charge is 2.61. The Labute approximate surface area is 196 Å². The Morgan fingerprint density at radius 2 is 1.56 bits per heavy atom. The first-order valence-corrected chi connectivity index (χ1v) is 12.1. The summed E-state index contributed by atoms with van der Waals surface area (Å²) in [5.74, 6) is -0.548. The van der Waals surface area contributed by atoms with E-state index in [1.165, 1.54) is 17.0 Å². The molecule has 0 radical (unpaired) electrons. The number of amides is 2. The van der Waals surface area contributed by atoms with Crippen LogP contribution in [0.3, 0.4) is 0 Å². The molecule has 1 heterocycles. The smallest absolute Gasteiger partial charge is 0.309 e. The number of hydrogen-bond donors (Lipinski definition) is 0. The zero-order valence-electron chi connectivity index (χ0n) is 17.6. The van der Waals surface area contributed by atoms with Crippen molar-refractivity contribution >= 4 is 46.8 Å². The van der Waals surface area contributed by atoms with E-state index in [0.717, 1.165) is 19.3 Å². The molecule has 3 aliphatic carbocycles. The van der Waals surface area contributed by atoms with Gasteiger partial charge in [0.2, 0.25) is 17.6 Å². The van der Waals surface area contributed by atoms with Crippen molar-refractivity contribution in [2.45, 2.75) is 51.0 Å². The number of nitrogens with zero attached hydrogens (tertiary/aromatic N) is 1. The molecule has 170 valence electrons. The van der Waals surface area contributed by atoms with Crippen LogP contribution in [-0.2, 0) is 19.1 Å². The van der Waals surface area contributed by atoms with Gasteiger partial charge in [0.05, 0.1) is 22.8 Å². The van der Waals surface area contributed by atoms with Crippen LogP contribution in [0, 0.1) is 29.6 Å². The number of likely N-dealkylation sites (tertiary alicyclic amines) is 1. The molecule has 0 N–H and O–H groups in total. The van der Waals surface area contributed by atoms with Crippen molar-refractivity contribution in [2.24, 2.45) is 29.6 Å². The van der Waals surface area contributed by atoms with Crippen LogP contribution >= 0.6 is 23.2 Å². The number of carbonyl (C=O) groups is 4. The quantitative estimate of drug-likeness (QED) is 0.358. The predicted molar refractivity (Wildman–Crippen MR) is 117 cm³/mol. The van der Waals surface area contributed by atoms with Gasteiger partial charge in [-0.3, -0.25) is 24.1 Å². The van der Waals surface area contributed by atoms with Gasteiger partial charge in [-0.15, -0.1) is 0 Å². The van der Waals surface area contributed by atoms with Crippen molar-refractivity contribution in [1.29, 1.82) is 0 Å². The standard InChI is InChI=1S/C24H25Cl2NO5/c25-15-5-8-17(18(26)10-15)19(28)11-32-24(31)12-3-6-16(7-4-12)27-22(29)20-13-1-2-14(9-13)21(20)23(27)30/h5,8,10,12-14,16,20-21H,1-4,6-7,9,11H2/t12?,13-,14-,16?,20+,21+/m1/s1. The van der Waals surface area contributed by atoms with E-state index < -0.39 is 5.97 Å². The number of ketones is 1. The molecule has 32 heavy (non-hydrogen) atoms. The van der Waals surface area contributed by atoms with E-state index >= 15 is 0 Å². The van der Waals surface area contributed by atoms with Crippen LogP contribution in [-0.4, -0.2) is 41.1 Å². The molecule has 4 aliphatic rings. The second-order valence-electron chi connectivity index (χ2n) is 9.59. The van der Waals surface area contributed by atoms with E-state index in [4.69, 9.17) is 27.9 Å². The fourth-order valence-electron chi connectivity index (χ4n) is 6.41. The monoisotopic (exact) mass is 477 g/mol. The zero-order chi connectivity index (χ0) is 22.6. The average molecular weight is 478 g/mol. The van der Waals surface area contributed by atoms with Gasteiger partial charge >= 0.3 is 5.97 Å². The molecule has 5 rings (SSSR count). The second-order valence-corrected chi connectivity index (χ2v) is 10.4. The lowest BCUT2D eigenvalue weighted by molar-refractivity contribution is -0.149. The Hall–Kier alpha value is -1.92. The number of hydrogen-bond acceptors (Lipinski definition) is 5. The van der Waals surface area contributed by atoms with Crippen molar-refractivity contribution in [3.8, 4) is 0 Å². The van der Waals surface area contributed by atoms with Crippen LogP contribution in [0.25, 0.3) is 0 Å². The van der Waals surface area contributed by atoms with Crippen molar-refractivity contribution in [1.82, 2.24) is 4.90 Å². The summed E-state index contributed by atoms with van der Waals surface area (Å²) in [6, 6.07) is 4.42. The summed E-state index contributed by atoms with van der Waals surface area (Å²) in [7, 11) is 0. The molecule has 4 atom stereocenters. The maximum absolute atomic E-state index is 13.0. The molecule has 2 bridgehead atoms. The molecule has 3 saturated carbocycles. The molecule has 0 spiro atoms. The molecular formula is C24H25Cl2NO5. The third-order valence-electron chi connectivity index (χ3n) is 7.93. The Balaban J connectivity index is 1.14. The molecule has 6 nitrogen and oxygen atoms in total. The molecule has 1 saturated heterocycles. The number of rotatable bonds is 5. The molecular weight excluding hydrogens is 453 g/mol. The first-order chi connectivity index (χ1) is 15.3. The summed E-state index contributed by atoms with van der Waals surface area (Å²) in [5.41, 5.74) is 0.262. The summed E-state index contributed by atoms with van der Waals surface area (Å²) >= 11 is 11.9. The summed E-state index contributed by atoms with van der Waals surface area (Å²) < 4.78 is 5.26. The Bertz CT molecular complexity index is 959. The van der Waals surface area contributed by atoms with Gasteiger partial charge in [0.25, 0.3) is 0 Å². The highest BCUT2D eigenvalue weighted by molar-refractivity contribution is 6.36. The van der Waals surface area contributed by atoms with Gasteiger partial charge < -0.3 is 4.74 Å². The van der Waals surface area contributed by atoms with E-state index in [-0.39, 0.29) is 58.6 Å².